The maximum atomic E-state index is 3.74. The van der Waals surface area contributed by atoms with Crippen molar-refractivity contribution in [1.82, 2.24) is 10.2 Å². The molecule has 0 radical (unpaired) electrons. The number of rotatable bonds is 1. The number of likely N-dealkylation sites (N-methyl/N-ethyl adjacent to an activating group) is 1. The molecule has 1 N–H and O–H groups in total. The maximum Gasteiger partial charge on any atom is 0.0555 e. The van der Waals surface area contributed by atoms with E-state index >= 15 is 0 Å². The van der Waals surface area contributed by atoms with Gasteiger partial charge in [-0.05, 0) is 24.9 Å². The van der Waals surface area contributed by atoms with Crippen LogP contribution in [-0.4, -0.2) is 31.1 Å². The van der Waals surface area contributed by atoms with Gasteiger partial charge in [0, 0.05) is 19.1 Å². The van der Waals surface area contributed by atoms with E-state index in [1.165, 1.54) is 5.56 Å². The lowest BCUT2D eigenvalue weighted by Gasteiger charge is -2.49. The van der Waals surface area contributed by atoms with Gasteiger partial charge in [0.05, 0.1) is 5.54 Å². The van der Waals surface area contributed by atoms with Gasteiger partial charge in [0.2, 0.25) is 0 Å². The third-order valence-electron chi connectivity index (χ3n) is 4.43. The van der Waals surface area contributed by atoms with E-state index < -0.39 is 0 Å². The molecule has 1 fully saturated rings. The predicted octanol–water partition coefficient (Wildman–Crippen LogP) is 2.85. The van der Waals surface area contributed by atoms with E-state index in [1.807, 2.05) is 0 Å². The highest BCUT2D eigenvalue weighted by atomic mass is 15.3. The molecule has 1 heterocycles. The molecule has 0 saturated carbocycles. The fourth-order valence-corrected chi connectivity index (χ4v) is 2.70. The Morgan fingerprint density at radius 3 is 2.33 bits per heavy atom. The Kier molecular flexibility index (Phi) is 3.52. The van der Waals surface area contributed by atoms with Crippen LogP contribution in [0.2, 0.25) is 0 Å². The minimum Gasteiger partial charge on any atom is -0.310 e. The van der Waals surface area contributed by atoms with Crippen molar-refractivity contribution in [1.29, 1.82) is 0 Å². The number of benzene rings is 1. The summed E-state index contributed by atoms with van der Waals surface area (Å²) in [6.45, 7) is 11.4. The first kappa shape index (κ1) is 13.6. The Labute approximate surface area is 111 Å². The topological polar surface area (TPSA) is 15.3 Å². The second-order valence-corrected chi connectivity index (χ2v) is 6.82. The Balaban J connectivity index is 2.19. The second-order valence-electron chi connectivity index (χ2n) is 6.82. The van der Waals surface area contributed by atoms with Gasteiger partial charge in [-0.3, -0.25) is 4.90 Å². The lowest BCUT2D eigenvalue weighted by atomic mass is 9.80. The summed E-state index contributed by atoms with van der Waals surface area (Å²) in [7, 11) is 2.24. The summed E-state index contributed by atoms with van der Waals surface area (Å²) in [4.78, 5) is 2.49. The monoisotopic (exact) mass is 246 g/mol. The molecule has 100 valence electrons. The van der Waals surface area contributed by atoms with E-state index in [2.05, 4.69) is 75.3 Å². The first-order valence-corrected chi connectivity index (χ1v) is 6.84. The molecule has 0 spiro atoms. The summed E-state index contributed by atoms with van der Waals surface area (Å²) in [6.07, 6.45) is 0. The molecule has 1 saturated heterocycles. The highest BCUT2D eigenvalue weighted by molar-refractivity contribution is 5.25. The molecule has 1 aromatic rings. The summed E-state index contributed by atoms with van der Waals surface area (Å²) in [5.74, 6) is 0. The average molecular weight is 246 g/mol. The first-order valence-electron chi connectivity index (χ1n) is 6.84. The van der Waals surface area contributed by atoms with Crippen molar-refractivity contribution in [3.8, 4) is 0 Å². The van der Waals surface area contributed by atoms with E-state index in [0.29, 0.717) is 11.5 Å². The normalized spacial score (nSPS) is 30.4. The van der Waals surface area contributed by atoms with Crippen molar-refractivity contribution in [2.24, 2.45) is 5.41 Å². The van der Waals surface area contributed by atoms with Gasteiger partial charge >= 0.3 is 0 Å². The summed E-state index contributed by atoms with van der Waals surface area (Å²) in [5, 5.41) is 3.74. The van der Waals surface area contributed by atoms with Gasteiger partial charge in [-0.15, -0.1) is 0 Å². The van der Waals surface area contributed by atoms with Crippen LogP contribution in [0.3, 0.4) is 0 Å². The largest absolute Gasteiger partial charge is 0.310 e. The number of nitrogens with zero attached hydrogens (tertiary/aromatic N) is 1. The molecule has 1 aromatic carbocycles. The Morgan fingerprint density at radius 2 is 1.83 bits per heavy atom. The molecule has 1 aliphatic heterocycles. The minimum atomic E-state index is 0.100. The van der Waals surface area contributed by atoms with Crippen molar-refractivity contribution < 1.29 is 0 Å². The Hall–Kier alpha value is -0.860. The van der Waals surface area contributed by atoms with Crippen LogP contribution in [0.5, 0.6) is 0 Å². The molecule has 0 bridgehead atoms. The summed E-state index contributed by atoms with van der Waals surface area (Å²) in [6, 6.07) is 11.4. The average Bonchev–Trinajstić information content (AvgIpc) is 2.32. The Morgan fingerprint density at radius 1 is 1.22 bits per heavy atom. The quantitative estimate of drug-likeness (QED) is 0.819. The van der Waals surface area contributed by atoms with Gasteiger partial charge in [0.25, 0.3) is 0 Å². The smallest absolute Gasteiger partial charge is 0.0555 e. The molecule has 2 atom stereocenters. The van der Waals surface area contributed by atoms with Crippen LogP contribution in [0.25, 0.3) is 0 Å². The number of nitrogens with one attached hydrogen (secondary N) is 1. The molecule has 1 aliphatic rings. The van der Waals surface area contributed by atoms with Crippen LogP contribution >= 0.6 is 0 Å². The van der Waals surface area contributed by atoms with Crippen molar-refractivity contribution in [2.45, 2.75) is 39.3 Å². The van der Waals surface area contributed by atoms with E-state index in [4.69, 9.17) is 0 Å². The molecule has 0 aliphatic carbocycles. The maximum absolute atomic E-state index is 3.74. The predicted molar refractivity (Wildman–Crippen MR) is 77.7 cm³/mol. The molecule has 2 unspecified atom stereocenters. The first-order chi connectivity index (χ1) is 8.34. The van der Waals surface area contributed by atoms with Gasteiger partial charge < -0.3 is 5.32 Å². The summed E-state index contributed by atoms with van der Waals surface area (Å²) < 4.78 is 0. The highest BCUT2D eigenvalue weighted by Crippen LogP contribution is 2.32. The Bertz CT molecular complexity index is 393. The van der Waals surface area contributed by atoms with E-state index in [0.717, 1.165) is 13.1 Å². The van der Waals surface area contributed by atoms with Gasteiger partial charge in [0.1, 0.15) is 0 Å². The van der Waals surface area contributed by atoms with Crippen molar-refractivity contribution in [3.63, 3.8) is 0 Å². The molecule has 18 heavy (non-hydrogen) atoms. The molecule has 0 amide bonds. The summed E-state index contributed by atoms with van der Waals surface area (Å²) >= 11 is 0. The van der Waals surface area contributed by atoms with E-state index in [1.54, 1.807) is 0 Å². The fraction of sp³-hybridized carbons (Fsp3) is 0.625. The third-order valence-corrected chi connectivity index (χ3v) is 4.43. The van der Waals surface area contributed by atoms with Gasteiger partial charge in [0.15, 0.2) is 0 Å². The van der Waals surface area contributed by atoms with Crippen LogP contribution < -0.4 is 5.32 Å². The van der Waals surface area contributed by atoms with Crippen molar-refractivity contribution >= 4 is 0 Å². The van der Waals surface area contributed by atoms with Gasteiger partial charge in [-0.25, -0.2) is 0 Å². The lowest BCUT2D eigenvalue weighted by molar-refractivity contribution is 0.0443. The fourth-order valence-electron chi connectivity index (χ4n) is 2.70. The lowest BCUT2D eigenvalue weighted by Crippen LogP contribution is -2.63. The zero-order chi connectivity index (χ0) is 13.4. The minimum absolute atomic E-state index is 0.100. The second kappa shape index (κ2) is 4.67. The van der Waals surface area contributed by atoms with Gasteiger partial charge in [-0.1, -0.05) is 51.1 Å². The molecular weight excluding hydrogens is 220 g/mol. The highest BCUT2D eigenvalue weighted by Gasteiger charge is 2.40. The zero-order valence-electron chi connectivity index (χ0n) is 12.3. The molecule has 0 aromatic heterocycles. The zero-order valence-corrected chi connectivity index (χ0v) is 12.3. The standard InChI is InChI=1S/C16H26N2/c1-15(2,3)14-11-18(5)16(4,12-17-14)13-9-7-6-8-10-13/h6-10,14,17H,11-12H2,1-5H3. The van der Waals surface area contributed by atoms with Crippen molar-refractivity contribution in [2.75, 3.05) is 20.1 Å². The SMILES string of the molecule is CN1CC(C(C)(C)C)NCC1(C)c1ccccc1. The van der Waals surface area contributed by atoms with Crippen LogP contribution in [0.1, 0.15) is 33.3 Å². The molecular formula is C16H26N2. The number of piperazine rings is 1. The van der Waals surface area contributed by atoms with Crippen LogP contribution in [-0.2, 0) is 5.54 Å². The van der Waals surface area contributed by atoms with E-state index in [-0.39, 0.29) is 5.54 Å². The van der Waals surface area contributed by atoms with Gasteiger partial charge in [-0.2, -0.15) is 0 Å². The number of hydrogen-bond donors (Lipinski definition) is 1. The van der Waals surface area contributed by atoms with E-state index in [9.17, 15) is 0 Å². The summed E-state index contributed by atoms with van der Waals surface area (Å²) in [5.41, 5.74) is 1.81. The number of hydrogen-bond acceptors (Lipinski definition) is 2. The molecule has 2 nitrogen and oxygen atoms in total. The molecule has 2 rings (SSSR count). The van der Waals surface area contributed by atoms with Crippen molar-refractivity contribution in [3.05, 3.63) is 35.9 Å². The third kappa shape index (κ3) is 2.45. The van der Waals surface area contributed by atoms with Crippen LogP contribution in [0.4, 0.5) is 0 Å². The molecule has 2 heteroatoms. The van der Waals surface area contributed by atoms with Crippen LogP contribution in [0, 0.1) is 5.41 Å². The van der Waals surface area contributed by atoms with Crippen LogP contribution in [0.15, 0.2) is 30.3 Å².